The molecule has 2 nitrogen and oxygen atoms in total. The van der Waals surface area contributed by atoms with Crippen LogP contribution < -0.4 is 10.1 Å². The molecule has 0 aliphatic carbocycles. The van der Waals surface area contributed by atoms with Gasteiger partial charge in [0.2, 0.25) is 0 Å². The Bertz CT molecular complexity index is 477. The van der Waals surface area contributed by atoms with Crippen molar-refractivity contribution in [3.8, 4) is 5.75 Å². The highest BCUT2D eigenvalue weighted by molar-refractivity contribution is 5.56. The van der Waals surface area contributed by atoms with E-state index in [9.17, 15) is 0 Å². The molecule has 2 heteroatoms. The normalized spacial score (nSPS) is 18.6. The van der Waals surface area contributed by atoms with Gasteiger partial charge in [-0.1, -0.05) is 13.8 Å². The Morgan fingerprint density at radius 1 is 1.16 bits per heavy atom. The molecule has 1 heterocycles. The maximum absolute atomic E-state index is 5.70. The Labute approximate surface area is 117 Å². The molecule has 0 saturated heterocycles. The number of nitrogens with one attached hydrogen (secondary N) is 1. The Hall–Kier alpha value is -1.02. The predicted molar refractivity (Wildman–Crippen MR) is 81.1 cm³/mol. The van der Waals surface area contributed by atoms with Crippen LogP contribution in [0.4, 0.5) is 0 Å². The van der Waals surface area contributed by atoms with Crippen LogP contribution in [-0.4, -0.2) is 13.7 Å². The van der Waals surface area contributed by atoms with Gasteiger partial charge in [-0.05, 0) is 68.3 Å². The first-order valence-electron chi connectivity index (χ1n) is 7.37. The minimum atomic E-state index is 0.483. The van der Waals surface area contributed by atoms with E-state index < -0.39 is 0 Å². The first kappa shape index (κ1) is 14.4. The summed E-state index contributed by atoms with van der Waals surface area (Å²) in [6.45, 7) is 12.3. The summed E-state index contributed by atoms with van der Waals surface area (Å²) in [5.74, 6) is 1.82. The number of methoxy groups -OCH3 is 1. The third kappa shape index (κ3) is 2.51. The Morgan fingerprint density at radius 3 is 2.42 bits per heavy atom. The van der Waals surface area contributed by atoms with Gasteiger partial charge in [-0.25, -0.2) is 0 Å². The average Bonchev–Trinajstić information content (AvgIpc) is 2.36. The van der Waals surface area contributed by atoms with E-state index >= 15 is 0 Å². The number of hydrogen-bond donors (Lipinski definition) is 1. The molecule has 2 rings (SSSR count). The molecule has 0 radical (unpaired) electrons. The van der Waals surface area contributed by atoms with Gasteiger partial charge in [0.1, 0.15) is 5.75 Å². The number of rotatable bonds is 3. The van der Waals surface area contributed by atoms with Crippen LogP contribution in [-0.2, 0) is 6.42 Å². The maximum Gasteiger partial charge on any atom is 0.125 e. The zero-order valence-corrected chi connectivity index (χ0v) is 13.2. The van der Waals surface area contributed by atoms with Gasteiger partial charge >= 0.3 is 0 Å². The summed E-state index contributed by atoms with van der Waals surface area (Å²) >= 11 is 0. The van der Waals surface area contributed by atoms with Crippen molar-refractivity contribution in [1.82, 2.24) is 5.32 Å². The van der Waals surface area contributed by atoms with Crippen molar-refractivity contribution in [2.45, 2.75) is 53.5 Å². The molecule has 1 unspecified atom stereocenters. The number of hydrogen-bond acceptors (Lipinski definition) is 2. The first-order valence-corrected chi connectivity index (χ1v) is 7.37. The third-order valence-electron chi connectivity index (χ3n) is 4.49. The van der Waals surface area contributed by atoms with Gasteiger partial charge in [-0.15, -0.1) is 0 Å². The van der Waals surface area contributed by atoms with Crippen molar-refractivity contribution in [3.05, 3.63) is 27.8 Å². The predicted octanol–water partition coefficient (Wildman–Crippen LogP) is 3.85. The van der Waals surface area contributed by atoms with Crippen LogP contribution in [0.25, 0.3) is 0 Å². The van der Waals surface area contributed by atoms with Gasteiger partial charge in [0.25, 0.3) is 0 Å². The number of fused-ring (bicyclic) bond motifs is 1. The van der Waals surface area contributed by atoms with Gasteiger partial charge in [-0.3, -0.25) is 0 Å². The first-order chi connectivity index (χ1) is 8.97. The molecule has 1 aliphatic rings. The van der Waals surface area contributed by atoms with Gasteiger partial charge < -0.3 is 10.1 Å². The topological polar surface area (TPSA) is 21.3 Å². The second kappa shape index (κ2) is 5.54. The molecule has 0 amide bonds. The van der Waals surface area contributed by atoms with E-state index in [1.165, 1.54) is 34.2 Å². The highest BCUT2D eigenvalue weighted by Gasteiger charge is 2.27. The molecule has 0 aromatic heterocycles. The monoisotopic (exact) mass is 261 g/mol. The Kier molecular flexibility index (Phi) is 4.19. The average molecular weight is 261 g/mol. The van der Waals surface area contributed by atoms with Crippen LogP contribution >= 0.6 is 0 Å². The maximum atomic E-state index is 5.70. The van der Waals surface area contributed by atoms with Crippen LogP contribution in [0.2, 0.25) is 0 Å². The number of ether oxygens (including phenoxy) is 1. The molecule has 0 saturated carbocycles. The van der Waals surface area contributed by atoms with Crippen LogP contribution in [0.3, 0.4) is 0 Å². The van der Waals surface area contributed by atoms with Crippen LogP contribution in [0.1, 0.15) is 54.1 Å². The van der Waals surface area contributed by atoms with Crippen molar-refractivity contribution >= 4 is 0 Å². The molecular formula is C17H27NO. The van der Waals surface area contributed by atoms with Crippen molar-refractivity contribution in [3.63, 3.8) is 0 Å². The zero-order chi connectivity index (χ0) is 14.2. The summed E-state index contributed by atoms with van der Waals surface area (Å²) < 4.78 is 5.70. The molecule has 19 heavy (non-hydrogen) atoms. The molecule has 106 valence electrons. The van der Waals surface area contributed by atoms with Crippen LogP contribution in [0.15, 0.2) is 0 Å². The lowest BCUT2D eigenvalue weighted by Gasteiger charge is -2.33. The smallest absolute Gasteiger partial charge is 0.125 e. The fraction of sp³-hybridized carbons (Fsp3) is 0.647. The summed E-state index contributed by atoms with van der Waals surface area (Å²) in [5.41, 5.74) is 7.08. The third-order valence-corrected chi connectivity index (χ3v) is 4.49. The molecule has 1 atom stereocenters. The largest absolute Gasteiger partial charge is 0.496 e. The molecule has 1 aliphatic heterocycles. The molecular weight excluding hydrogens is 234 g/mol. The molecule has 0 bridgehead atoms. The summed E-state index contributed by atoms with van der Waals surface area (Å²) in [5, 5.41) is 3.69. The summed E-state index contributed by atoms with van der Waals surface area (Å²) in [6, 6.07) is 0.483. The molecule has 0 spiro atoms. The van der Waals surface area contributed by atoms with Crippen molar-refractivity contribution < 1.29 is 4.74 Å². The Balaban J connectivity index is 2.59. The van der Waals surface area contributed by atoms with Gasteiger partial charge in [0.15, 0.2) is 0 Å². The minimum absolute atomic E-state index is 0.483. The van der Waals surface area contributed by atoms with E-state index in [-0.39, 0.29) is 0 Å². The van der Waals surface area contributed by atoms with E-state index in [0.717, 1.165) is 18.7 Å². The summed E-state index contributed by atoms with van der Waals surface area (Å²) in [7, 11) is 1.80. The van der Waals surface area contributed by atoms with Crippen molar-refractivity contribution in [2.24, 2.45) is 5.92 Å². The van der Waals surface area contributed by atoms with E-state index in [1.54, 1.807) is 7.11 Å². The van der Waals surface area contributed by atoms with E-state index in [0.29, 0.717) is 12.0 Å². The molecule has 1 aromatic rings. The lowest BCUT2D eigenvalue weighted by Crippen LogP contribution is -2.32. The van der Waals surface area contributed by atoms with E-state index in [2.05, 4.69) is 39.9 Å². The second-order valence-electron chi connectivity index (χ2n) is 6.19. The lowest BCUT2D eigenvalue weighted by molar-refractivity contribution is 0.381. The fourth-order valence-electron chi connectivity index (χ4n) is 3.37. The SMILES string of the molecule is COc1c(C)c(C)c(C)c2c1CCNC2CC(C)C. The summed E-state index contributed by atoms with van der Waals surface area (Å²) in [4.78, 5) is 0. The molecule has 1 N–H and O–H groups in total. The van der Waals surface area contributed by atoms with Crippen molar-refractivity contribution in [1.29, 1.82) is 0 Å². The van der Waals surface area contributed by atoms with Crippen LogP contribution in [0.5, 0.6) is 5.75 Å². The second-order valence-corrected chi connectivity index (χ2v) is 6.19. The van der Waals surface area contributed by atoms with Crippen LogP contribution in [0, 0.1) is 26.7 Å². The highest BCUT2D eigenvalue weighted by Crippen LogP contribution is 2.40. The van der Waals surface area contributed by atoms with Gasteiger partial charge in [0.05, 0.1) is 7.11 Å². The minimum Gasteiger partial charge on any atom is -0.496 e. The highest BCUT2D eigenvalue weighted by atomic mass is 16.5. The molecule has 0 fully saturated rings. The fourth-order valence-corrected chi connectivity index (χ4v) is 3.37. The quantitative estimate of drug-likeness (QED) is 0.892. The number of benzene rings is 1. The summed E-state index contributed by atoms with van der Waals surface area (Å²) in [6.07, 6.45) is 2.27. The lowest BCUT2D eigenvalue weighted by atomic mass is 9.82. The van der Waals surface area contributed by atoms with E-state index in [1.807, 2.05) is 0 Å². The van der Waals surface area contributed by atoms with E-state index in [4.69, 9.17) is 4.74 Å². The van der Waals surface area contributed by atoms with Gasteiger partial charge in [-0.2, -0.15) is 0 Å². The standard InChI is InChI=1S/C17H27NO/c1-10(2)9-15-16-12(4)11(3)13(5)17(19-6)14(16)7-8-18-15/h10,15,18H,7-9H2,1-6H3. The Morgan fingerprint density at radius 2 is 1.84 bits per heavy atom. The van der Waals surface area contributed by atoms with Gasteiger partial charge in [0, 0.05) is 11.6 Å². The van der Waals surface area contributed by atoms with Crippen molar-refractivity contribution in [2.75, 3.05) is 13.7 Å². The zero-order valence-electron chi connectivity index (χ0n) is 13.2. The molecule has 1 aromatic carbocycles.